The first-order valence-corrected chi connectivity index (χ1v) is 15.8. The number of aromatic nitrogens is 5. The summed E-state index contributed by atoms with van der Waals surface area (Å²) in [5, 5.41) is 0. The van der Waals surface area contributed by atoms with E-state index in [1.165, 1.54) is 22.3 Å². The molecule has 0 aliphatic carbocycles. The molecule has 0 radical (unpaired) electrons. The van der Waals surface area contributed by atoms with Gasteiger partial charge in [0.25, 0.3) is 0 Å². The van der Waals surface area contributed by atoms with Gasteiger partial charge in [0, 0.05) is 18.0 Å². The van der Waals surface area contributed by atoms with E-state index in [-0.39, 0.29) is 0 Å². The van der Waals surface area contributed by atoms with Gasteiger partial charge in [-0.1, -0.05) is 133 Å². The summed E-state index contributed by atoms with van der Waals surface area (Å²) in [6.45, 7) is 0. The predicted octanol–water partition coefficient (Wildman–Crippen LogP) is 10.3. The van der Waals surface area contributed by atoms with Crippen molar-refractivity contribution in [2.45, 2.75) is 0 Å². The summed E-state index contributed by atoms with van der Waals surface area (Å²) < 4.78 is 0. The molecule has 0 atom stereocenters. The maximum Gasteiger partial charge on any atom is 0.182 e. The molecule has 0 saturated carbocycles. The largest absolute Gasteiger partial charge is 0.253 e. The third-order valence-electron chi connectivity index (χ3n) is 8.31. The van der Waals surface area contributed by atoms with Crippen LogP contribution in [0, 0.1) is 0 Å². The van der Waals surface area contributed by atoms with Crippen molar-refractivity contribution in [3.63, 3.8) is 0 Å². The van der Waals surface area contributed by atoms with Crippen LogP contribution in [0.25, 0.3) is 78.9 Å². The quantitative estimate of drug-likeness (QED) is 0.178. The van der Waals surface area contributed by atoms with Crippen molar-refractivity contribution in [1.82, 2.24) is 24.9 Å². The Labute approximate surface area is 279 Å². The van der Waals surface area contributed by atoms with E-state index < -0.39 is 0 Å². The Bertz CT molecular complexity index is 2230. The lowest BCUT2D eigenvalue weighted by Gasteiger charge is -2.14. The Morgan fingerprint density at radius 3 is 1.17 bits per heavy atom. The Morgan fingerprint density at radius 2 is 0.667 bits per heavy atom. The highest BCUT2D eigenvalue weighted by molar-refractivity contribution is 5.87. The van der Waals surface area contributed by atoms with Crippen LogP contribution in [-0.4, -0.2) is 24.9 Å². The van der Waals surface area contributed by atoms with Crippen LogP contribution >= 0.6 is 0 Å². The van der Waals surface area contributed by atoms with E-state index in [0.717, 1.165) is 27.8 Å². The number of benzene rings is 5. The third-order valence-corrected chi connectivity index (χ3v) is 8.31. The van der Waals surface area contributed by atoms with E-state index in [1.54, 1.807) is 12.4 Å². The van der Waals surface area contributed by atoms with E-state index in [1.807, 2.05) is 48.5 Å². The van der Waals surface area contributed by atoms with Crippen LogP contribution in [0.3, 0.4) is 0 Å². The zero-order chi connectivity index (χ0) is 32.1. The molecule has 5 heteroatoms. The number of hydrogen-bond acceptors (Lipinski definition) is 5. The van der Waals surface area contributed by atoms with Crippen molar-refractivity contribution in [3.8, 4) is 78.9 Å². The zero-order valence-corrected chi connectivity index (χ0v) is 26.0. The number of pyridine rings is 2. The van der Waals surface area contributed by atoms with Crippen LogP contribution in [-0.2, 0) is 0 Å². The van der Waals surface area contributed by atoms with Crippen molar-refractivity contribution in [2.24, 2.45) is 0 Å². The molecule has 0 saturated heterocycles. The van der Waals surface area contributed by atoms with Gasteiger partial charge < -0.3 is 0 Å². The van der Waals surface area contributed by atoms with Crippen molar-refractivity contribution in [1.29, 1.82) is 0 Å². The molecule has 0 aliphatic rings. The van der Waals surface area contributed by atoms with Gasteiger partial charge in [0.2, 0.25) is 0 Å². The average Bonchev–Trinajstić information content (AvgIpc) is 3.19. The lowest BCUT2D eigenvalue weighted by molar-refractivity contribution is 1.05. The molecular formula is C43H29N5. The van der Waals surface area contributed by atoms with Crippen LogP contribution in [0.1, 0.15) is 0 Å². The maximum absolute atomic E-state index is 4.89. The van der Waals surface area contributed by atoms with Crippen LogP contribution < -0.4 is 0 Å². The number of rotatable bonds is 7. The van der Waals surface area contributed by atoms with Crippen molar-refractivity contribution in [3.05, 3.63) is 176 Å². The fourth-order valence-corrected chi connectivity index (χ4v) is 5.84. The molecule has 8 rings (SSSR count). The van der Waals surface area contributed by atoms with Gasteiger partial charge in [-0.25, -0.2) is 15.0 Å². The van der Waals surface area contributed by atoms with Crippen LogP contribution in [0.15, 0.2) is 176 Å². The first kappa shape index (κ1) is 28.9. The molecule has 5 nitrogen and oxygen atoms in total. The highest BCUT2D eigenvalue weighted by atomic mass is 15.1. The summed E-state index contributed by atoms with van der Waals surface area (Å²) in [6, 6.07) is 56.3. The number of hydrogen-bond donors (Lipinski definition) is 0. The van der Waals surface area contributed by atoms with E-state index in [9.17, 15) is 0 Å². The van der Waals surface area contributed by atoms with Gasteiger partial charge in [-0.15, -0.1) is 0 Å². The van der Waals surface area contributed by atoms with Crippen molar-refractivity contribution in [2.75, 3.05) is 0 Å². The minimum Gasteiger partial charge on any atom is -0.253 e. The van der Waals surface area contributed by atoms with Gasteiger partial charge >= 0.3 is 0 Å². The van der Waals surface area contributed by atoms with E-state index in [2.05, 4.69) is 125 Å². The SMILES string of the molecule is c1ccc(-c2ccc(-c3ccc(-c4ccc(-c5nc(-c6ccccn6)nc(-c6ccccn6)n5)cc4-c4ccccc4)cc3)cc2)cc1. The molecular weight excluding hydrogens is 587 g/mol. The molecule has 3 aromatic heterocycles. The Hall–Kier alpha value is -6.59. The second kappa shape index (κ2) is 13.0. The molecule has 3 heterocycles. The first-order chi connectivity index (χ1) is 23.8. The van der Waals surface area contributed by atoms with Gasteiger partial charge in [0.1, 0.15) is 11.4 Å². The molecule has 0 bridgehead atoms. The van der Waals surface area contributed by atoms with E-state index in [0.29, 0.717) is 28.9 Å². The molecule has 8 aromatic rings. The van der Waals surface area contributed by atoms with Crippen molar-refractivity contribution >= 4 is 0 Å². The summed E-state index contributed by atoms with van der Waals surface area (Å²) in [5.41, 5.74) is 11.5. The summed E-state index contributed by atoms with van der Waals surface area (Å²) in [5.74, 6) is 1.56. The van der Waals surface area contributed by atoms with E-state index >= 15 is 0 Å². The lowest BCUT2D eigenvalue weighted by atomic mass is 9.91. The van der Waals surface area contributed by atoms with Gasteiger partial charge in [0.15, 0.2) is 17.5 Å². The molecule has 48 heavy (non-hydrogen) atoms. The summed E-state index contributed by atoms with van der Waals surface area (Å²) in [4.78, 5) is 23.6. The Kier molecular flexibility index (Phi) is 7.83. The van der Waals surface area contributed by atoms with Gasteiger partial charge in [0.05, 0.1) is 0 Å². The molecule has 226 valence electrons. The highest BCUT2D eigenvalue weighted by Gasteiger charge is 2.16. The molecule has 0 fully saturated rings. The monoisotopic (exact) mass is 615 g/mol. The normalized spacial score (nSPS) is 10.9. The minimum atomic E-state index is 0.499. The predicted molar refractivity (Wildman–Crippen MR) is 193 cm³/mol. The zero-order valence-electron chi connectivity index (χ0n) is 26.0. The van der Waals surface area contributed by atoms with Gasteiger partial charge in [-0.2, -0.15) is 0 Å². The maximum atomic E-state index is 4.89. The molecule has 0 amide bonds. The fourth-order valence-electron chi connectivity index (χ4n) is 5.84. The third kappa shape index (κ3) is 6.00. The molecule has 0 aliphatic heterocycles. The number of nitrogens with zero attached hydrogens (tertiary/aromatic N) is 5. The summed E-state index contributed by atoms with van der Waals surface area (Å²) in [7, 11) is 0. The van der Waals surface area contributed by atoms with Crippen LogP contribution in [0.2, 0.25) is 0 Å². The summed E-state index contributed by atoms with van der Waals surface area (Å²) in [6.07, 6.45) is 3.49. The van der Waals surface area contributed by atoms with Gasteiger partial charge in [-0.3, -0.25) is 9.97 Å². The van der Waals surface area contributed by atoms with Crippen LogP contribution in [0.4, 0.5) is 0 Å². The second-order valence-electron chi connectivity index (χ2n) is 11.4. The topological polar surface area (TPSA) is 64.5 Å². The molecule has 0 N–H and O–H groups in total. The fraction of sp³-hybridized carbons (Fsp3) is 0. The molecule has 5 aromatic carbocycles. The summed E-state index contributed by atoms with van der Waals surface area (Å²) >= 11 is 0. The van der Waals surface area contributed by atoms with Crippen LogP contribution in [0.5, 0.6) is 0 Å². The lowest BCUT2D eigenvalue weighted by Crippen LogP contribution is -2.02. The molecule has 0 unspecified atom stereocenters. The van der Waals surface area contributed by atoms with Crippen molar-refractivity contribution < 1.29 is 0 Å². The van der Waals surface area contributed by atoms with E-state index in [4.69, 9.17) is 15.0 Å². The Morgan fingerprint density at radius 1 is 0.271 bits per heavy atom. The molecule has 0 spiro atoms. The standard InChI is InChI=1S/C43H29N5/c1-3-11-30(12-4-1)31-17-19-32(20-18-31)33-21-23-35(24-22-33)37-26-25-36(29-38(37)34-13-5-2-6-14-34)41-46-42(39-15-7-9-27-44-39)48-43(47-41)40-16-8-10-28-45-40/h1-29H. The second-order valence-corrected chi connectivity index (χ2v) is 11.4. The Balaban J connectivity index is 1.19. The smallest absolute Gasteiger partial charge is 0.182 e. The van der Waals surface area contributed by atoms with Gasteiger partial charge in [-0.05, 0) is 74.8 Å². The average molecular weight is 616 g/mol. The minimum absolute atomic E-state index is 0.499. The first-order valence-electron chi connectivity index (χ1n) is 15.8. The highest BCUT2D eigenvalue weighted by Crippen LogP contribution is 2.37.